The van der Waals surface area contributed by atoms with Gasteiger partial charge in [0.25, 0.3) is 0 Å². The van der Waals surface area contributed by atoms with Crippen molar-refractivity contribution in [3.63, 3.8) is 0 Å². The molecular formula is C37H41Cl2N3O2. The van der Waals surface area contributed by atoms with Crippen LogP contribution in [0, 0.1) is 0 Å². The lowest BCUT2D eigenvalue weighted by molar-refractivity contribution is -0.121. The molecule has 7 heteroatoms. The molecule has 0 atom stereocenters. The van der Waals surface area contributed by atoms with Crippen molar-refractivity contribution in [2.45, 2.75) is 47.1 Å². The number of hydrogen-bond acceptors (Lipinski definition) is 4. The van der Waals surface area contributed by atoms with Gasteiger partial charge in [-0.15, -0.1) is 0 Å². The predicted molar refractivity (Wildman–Crippen MR) is 184 cm³/mol. The van der Waals surface area contributed by atoms with Gasteiger partial charge in [-0.1, -0.05) is 79.5 Å². The van der Waals surface area contributed by atoms with E-state index in [0.717, 1.165) is 54.0 Å². The highest BCUT2D eigenvalue weighted by Gasteiger charge is 2.29. The summed E-state index contributed by atoms with van der Waals surface area (Å²) in [6, 6.07) is 22.0. The molecule has 2 aliphatic rings. The third-order valence-corrected chi connectivity index (χ3v) is 8.40. The van der Waals surface area contributed by atoms with Crippen LogP contribution in [0.4, 0.5) is 5.69 Å². The molecule has 1 saturated heterocycles. The molecule has 5 nitrogen and oxygen atoms in total. The summed E-state index contributed by atoms with van der Waals surface area (Å²) in [4.78, 5) is 31.5. The number of anilines is 1. The zero-order chi connectivity index (χ0) is 31.6. The van der Waals surface area contributed by atoms with Crippen LogP contribution in [0.1, 0.15) is 56.4 Å². The Bertz CT molecular complexity index is 1570. The van der Waals surface area contributed by atoms with E-state index < -0.39 is 0 Å². The minimum Gasteiger partial charge on any atom is -0.369 e. The lowest BCUT2D eigenvalue weighted by atomic mass is 9.79. The van der Waals surface area contributed by atoms with E-state index in [0.29, 0.717) is 27.9 Å². The van der Waals surface area contributed by atoms with Crippen LogP contribution in [0.2, 0.25) is 10.0 Å². The van der Waals surface area contributed by atoms with E-state index in [2.05, 4.69) is 45.4 Å². The average molecular weight is 631 g/mol. The lowest BCUT2D eigenvalue weighted by Crippen LogP contribution is -2.46. The first-order valence-corrected chi connectivity index (χ1v) is 16.1. The Hall–Kier alpha value is -3.64. The molecule has 0 unspecified atom stereocenters. The monoisotopic (exact) mass is 629 g/mol. The summed E-state index contributed by atoms with van der Waals surface area (Å²) in [7, 11) is 0. The molecule has 3 aromatic rings. The maximum Gasteiger partial charge on any atom is 0.228 e. The standard InChI is InChI=1S/C35H35Cl2N3O2.C2H6/c1-3-9-28(4-2)38-34(42)22-31-33(41)21-25-20-32(37)26(19-30(25)35(31)24-10-8-11-27(36)18-24)23-39-14-16-40(17-15-39)29-12-6-5-7-13-29;1-2/h3-13,18-20H,14-17,21-23H2,1-2H3,(H,38,42);1-2H3/b9-3-,28-4+;. The molecule has 5 rings (SSSR count). The SMILES string of the molecule is C/C=C\C(=C/C)NC(=O)CC1=C(c2cccc(Cl)c2)c2cc(CN3CCN(c4ccccc4)CC3)c(Cl)cc2CC1=O.CC. The number of fused-ring (bicyclic) bond motifs is 1. The first-order valence-electron chi connectivity index (χ1n) is 15.3. The maximum absolute atomic E-state index is 13.5. The molecule has 1 aliphatic carbocycles. The molecular weight excluding hydrogens is 589 g/mol. The van der Waals surface area contributed by atoms with E-state index >= 15 is 0 Å². The first kappa shape index (κ1) is 33.3. The average Bonchev–Trinajstić information content (AvgIpc) is 3.03. The second kappa shape index (κ2) is 15.9. The van der Waals surface area contributed by atoms with Crippen LogP contribution in [-0.4, -0.2) is 42.8 Å². The van der Waals surface area contributed by atoms with Crippen LogP contribution >= 0.6 is 23.2 Å². The Labute approximate surface area is 271 Å². The second-order valence-electron chi connectivity index (χ2n) is 10.6. The number of rotatable bonds is 8. The molecule has 0 bridgehead atoms. The smallest absolute Gasteiger partial charge is 0.228 e. The highest BCUT2D eigenvalue weighted by Crippen LogP contribution is 2.39. The number of hydrogen-bond donors (Lipinski definition) is 1. The zero-order valence-corrected chi connectivity index (χ0v) is 27.5. The van der Waals surface area contributed by atoms with E-state index in [1.807, 2.05) is 76.3 Å². The Kier molecular flexibility index (Phi) is 12.0. The number of allylic oxidation sites excluding steroid dienone is 3. The molecule has 0 radical (unpaired) electrons. The Morgan fingerprint density at radius 3 is 2.32 bits per heavy atom. The van der Waals surface area contributed by atoms with Gasteiger partial charge in [-0.25, -0.2) is 0 Å². The number of piperazine rings is 1. The minimum atomic E-state index is -0.238. The van der Waals surface area contributed by atoms with Crippen LogP contribution in [0.3, 0.4) is 0 Å². The molecule has 230 valence electrons. The van der Waals surface area contributed by atoms with Gasteiger partial charge in [0.2, 0.25) is 5.91 Å². The van der Waals surface area contributed by atoms with Crippen molar-refractivity contribution in [2.24, 2.45) is 0 Å². The fraction of sp³-hybridized carbons (Fsp3) is 0.297. The lowest BCUT2D eigenvalue weighted by Gasteiger charge is -2.36. The third kappa shape index (κ3) is 8.09. The first-order chi connectivity index (χ1) is 21.4. The molecule has 1 N–H and O–H groups in total. The molecule has 44 heavy (non-hydrogen) atoms. The highest BCUT2D eigenvalue weighted by molar-refractivity contribution is 6.32. The number of para-hydroxylation sites is 1. The van der Waals surface area contributed by atoms with Gasteiger partial charge in [-0.3, -0.25) is 14.5 Å². The van der Waals surface area contributed by atoms with Gasteiger partial charge in [0, 0.05) is 66.1 Å². The fourth-order valence-corrected chi connectivity index (χ4v) is 6.14. The fourth-order valence-electron chi connectivity index (χ4n) is 5.70. The van der Waals surface area contributed by atoms with Crippen molar-refractivity contribution in [2.75, 3.05) is 31.1 Å². The summed E-state index contributed by atoms with van der Waals surface area (Å²) in [5.41, 5.74) is 6.79. The normalized spacial score (nSPS) is 15.6. The number of nitrogens with zero attached hydrogens (tertiary/aromatic N) is 2. The highest BCUT2D eigenvalue weighted by atomic mass is 35.5. The largest absolute Gasteiger partial charge is 0.369 e. The van der Waals surface area contributed by atoms with Gasteiger partial charge in [-0.05, 0) is 84.1 Å². The van der Waals surface area contributed by atoms with E-state index in [1.165, 1.54) is 5.69 Å². The summed E-state index contributed by atoms with van der Waals surface area (Å²) < 4.78 is 0. The third-order valence-electron chi connectivity index (χ3n) is 7.81. The van der Waals surface area contributed by atoms with Gasteiger partial charge in [0.15, 0.2) is 5.78 Å². The number of ketones is 1. The molecule has 0 saturated carbocycles. The number of nitrogens with one attached hydrogen (secondary N) is 1. The Morgan fingerprint density at radius 1 is 0.932 bits per heavy atom. The van der Waals surface area contributed by atoms with E-state index in [-0.39, 0.29) is 24.5 Å². The van der Waals surface area contributed by atoms with Gasteiger partial charge < -0.3 is 10.2 Å². The zero-order valence-electron chi connectivity index (χ0n) is 26.0. The van der Waals surface area contributed by atoms with Gasteiger partial charge in [0.1, 0.15) is 0 Å². The summed E-state index contributed by atoms with van der Waals surface area (Å²) in [5.74, 6) is -0.320. The van der Waals surface area contributed by atoms with Crippen LogP contribution in [0.25, 0.3) is 5.57 Å². The molecule has 1 amide bonds. The van der Waals surface area contributed by atoms with Crippen LogP contribution < -0.4 is 10.2 Å². The Morgan fingerprint density at radius 2 is 1.66 bits per heavy atom. The molecule has 1 heterocycles. The number of amides is 1. The number of halogens is 2. The number of carbonyl (C=O) groups excluding carboxylic acids is 2. The van der Waals surface area contributed by atoms with Crippen molar-refractivity contribution >= 4 is 46.2 Å². The number of carbonyl (C=O) groups is 2. The Balaban J connectivity index is 0.00000216. The maximum atomic E-state index is 13.5. The number of benzene rings is 3. The quantitative estimate of drug-likeness (QED) is 0.255. The second-order valence-corrected chi connectivity index (χ2v) is 11.5. The molecule has 1 aliphatic heterocycles. The van der Waals surface area contributed by atoms with Crippen LogP contribution in [0.15, 0.2) is 96.2 Å². The van der Waals surface area contributed by atoms with Crippen LogP contribution in [0.5, 0.6) is 0 Å². The van der Waals surface area contributed by atoms with Gasteiger partial charge >= 0.3 is 0 Å². The van der Waals surface area contributed by atoms with E-state index in [4.69, 9.17) is 23.2 Å². The predicted octanol–water partition coefficient (Wildman–Crippen LogP) is 8.26. The molecule has 1 fully saturated rings. The topological polar surface area (TPSA) is 52.7 Å². The van der Waals surface area contributed by atoms with Crippen molar-refractivity contribution in [3.8, 4) is 0 Å². The van der Waals surface area contributed by atoms with Gasteiger partial charge in [0.05, 0.1) is 6.42 Å². The van der Waals surface area contributed by atoms with Gasteiger partial charge in [-0.2, -0.15) is 0 Å². The van der Waals surface area contributed by atoms with Crippen molar-refractivity contribution in [1.82, 2.24) is 10.2 Å². The summed E-state index contributed by atoms with van der Waals surface area (Å²) in [5, 5.41) is 4.15. The van der Waals surface area contributed by atoms with Crippen molar-refractivity contribution < 1.29 is 9.59 Å². The van der Waals surface area contributed by atoms with E-state index in [9.17, 15) is 9.59 Å². The molecule has 0 spiro atoms. The summed E-state index contributed by atoms with van der Waals surface area (Å²) in [6.07, 6.45) is 5.69. The molecule has 3 aromatic carbocycles. The van der Waals surface area contributed by atoms with Crippen LogP contribution in [-0.2, 0) is 22.6 Å². The minimum absolute atomic E-state index is 0.0333. The number of Topliss-reactive ketones (excluding diaryl/α,β-unsaturated/α-hetero) is 1. The summed E-state index contributed by atoms with van der Waals surface area (Å²) in [6.45, 7) is 12.2. The molecule has 0 aromatic heterocycles. The van der Waals surface area contributed by atoms with E-state index in [1.54, 1.807) is 6.07 Å². The van der Waals surface area contributed by atoms with Crippen molar-refractivity contribution in [3.05, 3.63) is 129 Å². The summed E-state index contributed by atoms with van der Waals surface area (Å²) >= 11 is 13.2. The van der Waals surface area contributed by atoms with Crippen molar-refractivity contribution in [1.29, 1.82) is 0 Å².